The fraction of sp³-hybridized carbons (Fsp3) is 0.500. The molecule has 0 radical (unpaired) electrons. The Kier molecular flexibility index (Phi) is 3.57. The first-order chi connectivity index (χ1) is 8.04. The number of nitrogens with zero attached hydrogens (tertiary/aromatic N) is 1. The maximum Gasteiger partial charge on any atom is 0.254 e. The molecule has 1 amide bonds. The molecule has 3 heteroatoms. The Bertz CT molecular complexity index is 442. The van der Waals surface area contributed by atoms with Crippen LogP contribution in [-0.4, -0.2) is 17.4 Å². The molecule has 17 heavy (non-hydrogen) atoms. The van der Waals surface area contributed by atoms with E-state index in [1.165, 1.54) is 5.56 Å². The molecule has 2 nitrogen and oxygen atoms in total. The molecule has 92 valence electrons. The second-order valence-corrected chi connectivity index (χ2v) is 5.92. The van der Waals surface area contributed by atoms with Crippen LogP contribution in [0.3, 0.4) is 0 Å². The smallest absolute Gasteiger partial charge is 0.254 e. The predicted molar refractivity (Wildman–Crippen MR) is 73.0 cm³/mol. The van der Waals surface area contributed by atoms with Crippen LogP contribution in [-0.2, 0) is 0 Å². The van der Waals surface area contributed by atoms with E-state index in [2.05, 4.69) is 42.8 Å². The molecule has 0 aromatic heterocycles. The number of amides is 1. The summed E-state index contributed by atoms with van der Waals surface area (Å²) in [5.41, 5.74) is 2.05. The molecule has 0 saturated carbocycles. The van der Waals surface area contributed by atoms with Gasteiger partial charge in [-0.25, -0.2) is 0 Å². The van der Waals surface area contributed by atoms with E-state index in [1.807, 2.05) is 17.0 Å². The average Bonchev–Trinajstić information content (AvgIpc) is 2.52. The summed E-state index contributed by atoms with van der Waals surface area (Å²) in [7, 11) is 0. The van der Waals surface area contributed by atoms with Crippen LogP contribution in [0.2, 0.25) is 0 Å². The number of halogens is 1. The van der Waals surface area contributed by atoms with E-state index in [-0.39, 0.29) is 11.9 Å². The molecule has 0 saturated heterocycles. The Balaban J connectivity index is 2.39. The fourth-order valence-electron chi connectivity index (χ4n) is 2.51. The summed E-state index contributed by atoms with van der Waals surface area (Å²) in [6.45, 7) is 7.28. The van der Waals surface area contributed by atoms with Crippen molar-refractivity contribution < 1.29 is 4.79 Å². The topological polar surface area (TPSA) is 20.3 Å². The van der Waals surface area contributed by atoms with Gasteiger partial charge in [0.2, 0.25) is 0 Å². The van der Waals surface area contributed by atoms with E-state index in [9.17, 15) is 4.79 Å². The third-order valence-corrected chi connectivity index (χ3v) is 3.68. The summed E-state index contributed by atoms with van der Waals surface area (Å²) >= 11 is 3.43. The van der Waals surface area contributed by atoms with E-state index in [0.29, 0.717) is 5.92 Å². The van der Waals surface area contributed by atoms with Crippen LogP contribution in [0.1, 0.15) is 49.2 Å². The van der Waals surface area contributed by atoms with E-state index < -0.39 is 0 Å². The molecule has 0 spiro atoms. The molecular formula is C14H18BrNO. The van der Waals surface area contributed by atoms with Gasteiger partial charge in [-0.15, -0.1) is 0 Å². The van der Waals surface area contributed by atoms with Crippen LogP contribution in [0.5, 0.6) is 0 Å². The molecular weight excluding hydrogens is 278 g/mol. The number of hydrogen-bond acceptors (Lipinski definition) is 1. The number of rotatable bonds is 3. The number of carbonyl (C=O) groups is 1. The second kappa shape index (κ2) is 4.81. The maximum atomic E-state index is 12.4. The van der Waals surface area contributed by atoms with Crippen molar-refractivity contribution in [2.45, 2.75) is 33.2 Å². The van der Waals surface area contributed by atoms with E-state index in [0.717, 1.165) is 23.0 Å². The molecule has 0 N–H and O–H groups in total. The van der Waals surface area contributed by atoms with Crippen molar-refractivity contribution in [2.24, 2.45) is 5.92 Å². The van der Waals surface area contributed by atoms with Crippen LogP contribution < -0.4 is 0 Å². The first-order valence-corrected chi connectivity index (χ1v) is 6.94. The van der Waals surface area contributed by atoms with E-state index in [4.69, 9.17) is 0 Å². The van der Waals surface area contributed by atoms with Crippen LogP contribution in [0.25, 0.3) is 0 Å². The van der Waals surface area contributed by atoms with Crippen molar-refractivity contribution in [3.63, 3.8) is 0 Å². The molecule has 0 bridgehead atoms. The summed E-state index contributed by atoms with van der Waals surface area (Å²) in [5, 5.41) is 0. The van der Waals surface area contributed by atoms with Crippen molar-refractivity contribution >= 4 is 21.8 Å². The lowest BCUT2D eigenvalue weighted by Gasteiger charge is -2.26. The molecule has 0 fully saturated rings. The number of carbonyl (C=O) groups excluding carboxylic acids is 1. The minimum absolute atomic E-state index is 0.182. The normalized spacial score (nSPS) is 19.0. The van der Waals surface area contributed by atoms with Crippen molar-refractivity contribution in [2.75, 3.05) is 6.54 Å². The van der Waals surface area contributed by atoms with Crippen LogP contribution >= 0.6 is 15.9 Å². The van der Waals surface area contributed by atoms with Crippen molar-refractivity contribution in [3.05, 3.63) is 33.8 Å². The number of fused-ring (bicyclic) bond motifs is 1. The van der Waals surface area contributed by atoms with Gasteiger partial charge in [0.15, 0.2) is 0 Å². The Morgan fingerprint density at radius 3 is 2.71 bits per heavy atom. The van der Waals surface area contributed by atoms with Crippen molar-refractivity contribution in [3.8, 4) is 0 Å². The lowest BCUT2D eigenvalue weighted by atomic mass is 10.0. The third kappa shape index (κ3) is 2.25. The minimum Gasteiger partial charge on any atom is -0.331 e. The van der Waals surface area contributed by atoms with Gasteiger partial charge < -0.3 is 4.90 Å². The first kappa shape index (κ1) is 12.6. The Labute approximate surface area is 111 Å². The molecule has 1 heterocycles. The van der Waals surface area contributed by atoms with Gasteiger partial charge in [-0.3, -0.25) is 4.79 Å². The molecule has 1 aliphatic heterocycles. The van der Waals surface area contributed by atoms with Crippen molar-refractivity contribution in [1.29, 1.82) is 0 Å². The highest BCUT2D eigenvalue weighted by Gasteiger charge is 2.35. The minimum atomic E-state index is 0.182. The fourth-order valence-corrected chi connectivity index (χ4v) is 2.87. The van der Waals surface area contributed by atoms with Gasteiger partial charge in [0.25, 0.3) is 5.91 Å². The highest BCUT2D eigenvalue weighted by Crippen LogP contribution is 2.37. The van der Waals surface area contributed by atoms with Gasteiger partial charge in [0.05, 0.1) is 6.04 Å². The molecule has 0 aliphatic carbocycles. The summed E-state index contributed by atoms with van der Waals surface area (Å²) < 4.78 is 0.978. The zero-order valence-corrected chi connectivity index (χ0v) is 12.1. The first-order valence-electron chi connectivity index (χ1n) is 6.15. The Hall–Kier alpha value is -0.830. The molecule has 1 atom stereocenters. The Morgan fingerprint density at radius 1 is 1.41 bits per heavy atom. The van der Waals surface area contributed by atoms with Gasteiger partial charge in [-0.2, -0.15) is 0 Å². The molecule has 1 unspecified atom stereocenters. The summed E-state index contributed by atoms with van der Waals surface area (Å²) in [6.07, 6.45) is 0.979. The van der Waals surface area contributed by atoms with Gasteiger partial charge in [-0.05, 0) is 30.0 Å². The van der Waals surface area contributed by atoms with Crippen LogP contribution in [0.15, 0.2) is 22.7 Å². The lowest BCUT2D eigenvalue weighted by Crippen LogP contribution is -2.31. The standard InChI is InChI=1S/C14H18BrNO/c1-4-13-11-6-5-10(15)7-12(11)14(17)16(13)8-9(2)3/h5-7,9,13H,4,8H2,1-3H3. The SMILES string of the molecule is CCC1c2ccc(Br)cc2C(=O)N1CC(C)C. The van der Waals surface area contributed by atoms with E-state index >= 15 is 0 Å². The summed E-state index contributed by atoms with van der Waals surface area (Å²) in [4.78, 5) is 14.4. The average molecular weight is 296 g/mol. The van der Waals surface area contributed by atoms with E-state index in [1.54, 1.807) is 0 Å². The highest BCUT2D eigenvalue weighted by molar-refractivity contribution is 9.10. The van der Waals surface area contributed by atoms with Gasteiger partial charge in [0, 0.05) is 16.6 Å². The molecule has 1 aliphatic rings. The van der Waals surface area contributed by atoms with Crippen LogP contribution in [0, 0.1) is 5.92 Å². The predicted octanol–water partition coefficient (Wildman–Crippen LogP) is 4.01. The maximum absolute atomic E-state index is 12.4. The Morgan fingerprint density at radius 2 is 2.12 bits per heavy atom. The zero-order chi connectivity index (χ0) is 12.6. The van der Waals surface area contributed by atoms with Crippen LogP contribution in [0.4, 0.5) is 0 Å². The number of hydrogen-bond donors (Lipinski definition) is 0. The molecule has 1 aromatic carbocycles. The quantitative estimate of drug-likeness (QED) is 0.825. The van der Waals surface area contributed by atoms with Gasteiger partial charge >= 0.3 is 0 Å². The van der Waals surface area contributed by atoms with Gasteiger partial charge in [0.1, 0.15) is 0 Å². The monoisotopic (exact) mass is 295 g/mol. The zero-order valence-electron chi connectivity index (χ0n) is 10.5. The lowest BCUT2D eigenvalue weighted by molar-refractivity contribution is 0.0697. The number of benzene rings is 1. The third-order valence-electron chi connectivity index (χ3n) is 3.19. The largest absolute Gasteiger partial charge is 0.331 e. The molecule has 1 aromatic rings. The molecule has 2 rings (SSSR count). The van der Waals surface area contributed by atoms with Crippen molar-refractivity contribution in [1.82, 2.24) is 4.90 Å². The highest BCUT2D eigenvalue weighted by atomic mass is 79.9. The van der Waals surface area contributed by atoms with Gasteiger partial charge in [-0.1, -0.05) is 42.8 Å². The second-order valence-electron chi connectivity index (χ2n) is 5.01. The summed E-state index contributed by atoms with van der Waals surface area (Å²) in [6, 6.07) is 6.30. The summed E-state index contributed by atoms with van der Waals surface area (Å²) in [5.74, 6) is 0.688.